The van der Waals surface area contributed by atoms with E-state index in [1.54, 1.807) is 13.1 Å². The van der Waals surface area contributed by atoms with Gasteiger partial charge in [0, 0.05) is 32.2 Å². The Morgan fingerprint density at radius 1 is 1.10 bits per heavy atom. The van der Waals surface area contributed by atoms with Crippen molar-refractivity contribution in [1.82, 2.24) is 5.32 Å². The lowest BCUT2D eigenvalue weighted by molar-refractivity contribution is -0.383. The number of nitro groups is 1. The topological polar surface area (TPSA) is 87.5 Å². The molecule has 29 heavy (non-hydrogen) atoms. The molecule has 3 aliphatic rings. The number of nitrogens with zero attached hydrogens (tertiary/aromatic N) is 2. The van der Waals surface area contributed by atoms with Crippen molar-refractivity contribution in [1.29, 1.82) is 0 Å². The Morgan fingerprint density at radius 2 is 1.76 bits per heavy atom. The van der Waals surface area contributed by atoms with Crippen LogP contribution in [0.25, 0.3) is 0 Å². The second-order valence-electron chi connectivity index (χ2n) is 9.18. The second-order valence-corrected chi connectivity index (χ2v) is 9.18. The van der Waals surface area contributed by atoms with Gasteiger partial charge in [0.25, 0.3) is 11.6 Å². The number of hydrogen-bond donors (Lipinski definition) is 2. The molecule has 0 radical (unpaired) electrons. The lowest BCUT2D eigenvalue weighted by Crippen LogP contribution is -2.38. The van der Waals surface area contributed by atoms with Crippen molar-refractivity contribution in [3.8, 4) is 0 Å². The fourth-order valence-electron chi connectivity index (χ4n) is 5.47. The van der Waals surface area contributed by atoms with Crippen molar-refractivity contribution in [2.75, 3.05) is 30.4 Å². The number of carbonyl (C=O) groups is 1. The van der Waals surface area contributed by atoms with Crippen LogP contribution in [0.3, 0.4) is 0 Å². The number of fused-ring (bicyclic) bond motifs is 1. The summed E-state index contributed by atoms with van der Waals surface area (Å²) in [4.78, 5) is 26.7. The maximum absolute atomic E-state index is 13.2. The van der Waals surface area contributed by atoms with Crippen molar-refractivity contribution in [2.45, 2.75) is 57.9 Å². The summed E-state index contributed by atoms with van der Waals surface area (Å²) in [7, 11) is 1.69. The molecule has 1 saturated heterocycles. The molecule has 2 N–H and O–H groups in total. The highest BCUT2D eigenvalue weighted by atomic mass is 16.6. The van der Waals surface area contributed by atoms with Crippen LogP contribution in [0.4, 0.5) is 17.1 Å². The lowest BCUT2D eigenvalue weighted by atomic mass is 9.87. The molecule has 0 bridgehead atoms. The Morgan fingerprint density at radius 3 is 2.34 bits per heavy atom. The molecule has 0 spiro atoms. The van der Waals surface area contributed by atoms with Crippen LogP contribution in [0.15, 0.2) is 12.1 Å². The molecule has 1 aromatic rings. The third kappa shape index (κ3) is 4.05. The summed E-state index contributed by atoms with van der Waals surface area (Å²) in [5.41, 5.74) is 1.69. The third-order valence-electron chi connectivity index (χ3n) is 7.24. The molecule has 2 aliphatic carbocycles. The van der Waals surface area contributed by atoms with Crippen LogP contribution in [0.2, 0.25) is 0 Å². The fraction of sp³-hybridized carbons (Fsp3) is 0.682. The number of benzene rings is 1. The molecular weight excluding hydrogens is 368 g/mol. The molecule has 2 saturated carbocycles. The lowest BCUT2D eigenvalue weighted by Gasteiger charge is -2.28. The van der Waals surface area contributed by atoms with E-state index in [4.69, 9.17) is 0 Å². The van der Waals surface area contributed by atoms with E-state index in [2.05, 4.69) is 22.5 Å². The van der Waals surface area contributed by atoms with E-state index in [0.29, 0.717) is 29.0 Å². The van der Waals surface area contributed by atoms with Crippen LogP contribution >= 0.6 is 0 Å². The Bertz CT molecular complexity index is 777. The van der Waals surface area contributed by atoms with Crippen molar-refractivity contribution in [3.05, 3.63) is 27.8 Å². The Balaban J connectivity index is 1.63. The van der Waals surface area contributed by atoms with Crippen molar-refractivity contribution in [2.24, 2.45) is 17.8 Å². The SMILES string of the molecule is CNc1cc(N2CC3CCCC3C2)c(C(=O)NC2CCC(C)CC2)cc1[N+](=O)[O-]. The molecule has 1 heterocycles. The molecule has 7 nitrogen and oxygen atoms in total. The van der Waals surface area contributed by atoms with Crippen LogP contribution in [0.1, 0.15) is 62.2 Å². The van der Waals surface area contributed by atoms with Gasteiger partial charge in [-0.2, -0.15) is 0 Å². The van der Waals surface area contributed by atoms with Crippen molar-refractivity contribution < 1.29 is 9.72 Å². The van der Waals surface area contributed by atoms with Gasteiger partial charge in [0.15, 0.2) is 0 Å². The van der Waals surface area contributed by atoms with E-state index in [1.165, 1.54) is 25.3 Å². The highest BCUT2D eigenvalue weighted by Gasteiger charge is 2.38. The van der Waals surface area contributed by atoms with E-state index in [9.17, 15) is 14.9 Å². The quantitative estimate of drug-likeness (QED) is 0.572. The minimum absolute atomic E-state index is 0.0435. The number of hydrogen-bond acceptors (Lipinski definition) is 5. The van der Waals surface area contributed by atoms with Gasteiger partial charge in [-0.1, -0.05) is 13.3 Å². The summed E-state index contributed by atoms with van der Waals surface area (Å²) < 4.78 is 0. The normalized spacial score (nSPS) is 28.8. The zero-order chi connectivity index (χ0) is 20.5. The summed E-state index contributed by atoms with van der Waals surface area (Å²) >= 11 is 0. The molecule has 2 unspecified atom stereocenters. The van der Waals surface area contributed by atoms with Gasteiger partial charge < -0.3 is 15.5 Å². The first kappa shape index (κ1) is 20.0. The number of carbonyl (C=O) groups excluding carboxylic acids is 1. The molecule has 158 valence electrons. The first-order valence-electron chi connectivity index (χ1n) is 11.0. The van der Waals surface area contributed by atoms with E-state index in [1.807, 2.05) is 0 Å². The Kier molecular flexibility index (Phi) is 5.65. The van der Waals surface area contributed by atoms with Crippen molar-refractivity contribution in [3.63, 3.8) is 0 Å². The fourth-order valence-corrected chi connectivity index (χ4v) is 5.47. The van der Waals surface area contributed by atoms with Gasteiger partial charge >= 0.3 is 0 Å². The van der Waals surface area contributed by atoms with Gasteiger partial charge in [-0.05, 0) is 62.3 Å². The average molecular weight is 401 g/mol. The summed E-state index contributed by atoms with van der Waals surface area (Å²) in [5.74, 6) is 1.89. The molecule has 7 heteroatoms. The van der Waals surface area contributed by atoms with Gasteiger partial charge in [0.1, 0.15) is 5.69 Å². The van der Waals surface area contributed by atoms with Crippen LogP contribution in [0.5, 0.6) is 0 Å². The first-order chi connectivity index (χ1) is 14.0. The zero-order valence-corrected chi connectivity index (χ0v) is 17.4. The number of nitrogens with one attached hydrogen (secondary N) is 2. The van der Waals surface area contributed by atoms with Gasteiger partial charge in [0.2, 0.25) is 0 Å². The number of amides is 1. The summed E-state index contributed by atoms with van der Waals surface area (Å²) in [6.45, 7) is 4.12. The van der Waals surface area contributed by atoms with Gasteiger partial charge in [0.05, 0.1) is 16.2 Å². The Hall–Kier alpha value is -2.31. The molecule has 4 rings (SSSR count). The highest BCUT2D eigenvalue weighted by molar-refractivity contribution is 6.02. The molecule has 1 aromatic carbocycles. The highest BCUT2D eigenvalue weighted by Crippen LogP contribution is 2.42. The van der Waals surface area contributed by atoms with Crippen LogP contribution in [-0.2, 0) is 0 Å². The molecule has 1 amide bonds. The molecule has 0 aromatic heterocycles. The number of anilines is 2. The molecular formula is C22H32N4O3. The van der Waals surface area contributed by atoms with E-state index in [-0.39, 0.29) is 17.6 Å². The molecule has 2 atom stereocenters. The Labute approximate surface area is 172 Å². The predicted octanol–water partition coefficient (Wildman–Crippen LogP) is 4.18. The van der Waals surface area contributed by atoms with Gasteiger partial charge in [-0.25, -0.2) is 0 Å². The monoisotopic (exact) mass is 400 g/mol. The number of nitro benzene ring substituents is 1. The smallest absolute Gasteiger partial charge is 0.293 e. The molecule has 3 fully saturated rings. The van der Waals surface area contributed by atoms with Crippen LogP contribution < -0.4 is 15.5 Å². The van der Waals surface area contributed by atoms with Crippen LogP contribution in [0, 0.1) is 27.9 Å². The third-order valence-corrected chi connectivity index (χ3v) is 7.24. The van der Waals surface area contributed by atoms with E-state index < -0.39 is 4.92 Å². The van der Waals surface area contributed by atoms with Gasteiger partial charge in [-0.15, -0.1) is 0 Å². The second kappa shape index (κ2) is 8.20. The van der Waals surface area contributed by atoms with Crippen molar-refractivity contribution >= 4 is 23.0 Å². The van der Waals surface area contributed by atoms with E-state index in [0.717, 1.165) is 44.5 Å². The molecule has 1 aliphatic heterocycles. The average Bonchev–Trinajstić information content (AvgIpc) is 3.30. The zero-order valence-electron chi connectivity index (χ0n) is 17.4. The van der Waals surface area contributed by atoms with E-state index >= 15 is 0 Å². The standard InChI is InChI=1S/C22H32N4O3/c1-14-6-8-17(9-7-14)24-22(27)18-10-21(26(28)29)19(23-2)11-20(18)25-12-15-4-3-5-16(15)13-25/h10-11,14-17,23H,3-9,12-13H2,1-2H3,(H,24,27). The maximum Gasteiger partial charge on any atom is 0.293 e. The summed E-state index contributed by atoms with van der Waals surface area (Å²) in [6.07, 6.45) is 7.97. The van der Waals surface area contributed by atoms with Gasteiger partial charge in [-0.3, -0.25) is 14.9 Å². The maximum atomic E-state index is 13.2. The largest absolute Gasteiger partial charge is 0.383 e. The summed E-state index contributed by atoms with van der Waals surface area (Å²) in [5, 5.41) is 17.7. The minimum atomic E-state index is -0.409. The minimum Gasteiger partial charge on any atom is -0.383 e. The number of rotatable bonds is 5. The predicted molar refractivity (Wildman–Crippen MR) is 115 cm³/mol. The first-order valence-corrected chi connectivity index (χ1v) is 11.0. The van der Waals surface area contributed by atoms with Crippen LogP contribution in [-0.4, -0.2) is 37.0 Å². The summed E-state index contributed by atoms with van der Waals surface area (Å²) in [6, 6.07) is 3.43.